The van der Waals surface area contributed by atoms with Crippen LogP contribution in [0.3, 0.4) is 0 Å². The zero-order chi connectivity index (χ0) is 20.1. The van der Waals surface area contributed by atoms with Gasteiger partial charge in [-0.15, -0.1) is 0 Å². The van der Waals surface area contributed by atoms with E-state index in [9.17, 15) is 0 Å². The molecular formula is C25H35N3O. The van der Waals surface area contributed by atoms with Crippen molar-refractivity contribution in [2.75, 3.05) is 39.4 Å². The van der Waals surface area contributed by atoms with Crippen molar-refractivity contribution in [3.8, 4) is 0 Å². The van der Waals surface area contributed by atoms with Gasteiger partial charge in [-0.3, -0.25) is 14.7 Å². The van der Waals surface area contributed by atoms with Crippen molar-refractivity contribution in [1.82, 2.24) is 14.7 Å². The van der Waals surface area contributed by atoms with Crippen LogP contribution in [0.4, 0.5) is 0 Å². The molecule has 2 aromatic carbocycles. The number of hydrogen-bond donors (Lipinski definition) is 0. The summed E-state index contributed by atoms with van der Waals surface area (Å²) in [4.78, 5) is 7.75. The predicted molar refractivity (Wildman–Crippen MR) is 119 cm³/mol. The highest BCUT2D eigenvalue weighted by atomic mass is 16.5. The smallest absolute Gasteiger partial charge is 0.0594 e. The average Bonchev–Trinajstić information content (AvgIpc) is 2.73. The van der Waals surface area contributed by atoms with Crippen LogP contribution >= 0.6 is 0 Å². The highest BCUT2D eigenvalue weighted by molar-refractivity contribution is 5.23. The molecule has 29 heavy (non-hydrogen) atoms. The van der Waals surface area contributed by atoms with Crippen molar-refractivity contribution < 1.29 is 4.74 Å². The van der Waals surface area contributed by atoms with E-state index < -0.39 is 0 Å². The number of benzene rings is 2. The van der Waals surface area contributed by atoms with E-state index in [-0.39, 0.29) is 0 Å². The summed E-state index contributed by atoms with van der Waals surface area (Å²) in [5.41, 5.74) is 4.24. The Bertz CT molecular complexity index is 730. The van der Waals surface area contributed by atoms with Crippen LogP contribution in [0.2, 0.25) is 0 Å². The fourth-order valence-corrected chi connectivity index (χ4v) is 4.73. The normalized spacial score (nSPS) is 24.6. The number of piperazine rings is 1. The van der Waals surface area contributed by atoms with Gasteiger partial charge in [0.25, 0.3) is 0 Å². The Labute approximate surface area is 176 Å². The van der Waals surface area contributed by atoms with Gasteiger partial charge in [0, 0.05) is 57.9 Å². The summed E-state index contributed by atoms with van der Waals surface area (Å²) >= 11 is 0. The Balaban J connectivity index is 1.30. The van der Waals surface area contributed by atoms with Crippen LogP contribution < -0.4 is 0 Å². The van der Waals surface area contributed by atoms with Gasteiger partial charge in [-0.1, -0.05) is 54.6 Å². The van der Waals surface area contributed by atoms with Gasteiger partial charge in [-0.2, -0.15) is 0 Å². The second kappa shape index (κ2) is 9.86. The molecular weight excluding hydrogens is 358 g/mol. The van der Waals surface area contributed by atoms with Crippen LogP contribution in [0.1, 0.15) is 30.5 Å². The van der Waals surface area contributed by atoms with Crippen LogP contribution in [0.15, 0.2) is 54.6 Å². The number of ether oxygens (including phenoxy) is 1. The van der Waals surface area contributed by atoms with Crippen molar-refractivity contribution in [2.24, 2.45) is 0 Å². The van der Waals surface area contributed by atoms with Crippen LogP contribution in [-0.2, 0) is 24.4 Å². The van der Waals surface area contributed by atoms with Gasteiger partial charge in [-0.05, 0) is 30.5 Å². The Morgan fingerprint density at radius 2 is 1.21 bits per heavy atom. The summed E-state index contributed by atoms with van der Waals surface area (Å²) in [7, 11) is 0. The third-order valence-corrected chi connectivity index (χ3v) is 6.32. The van der Waals surface area contributed by atoms with Gasteiger partial charge >= 0.3 is 0 Å². The molecule has 0 bridgehead atoms. The van der Waals surface area contributed by atoms with Crippen molar-refractivity contribution in [3.05, 3.63) is 71.3 Å². The van der Waals surface area contributed by atoms with Gasteiger partial charge in [0.1, 0.15) is 0 Å². The van der Waals surface area contributed by atoms with Crippen LogP contribution in [-0.4, -0.2) is 66.2 Å². The summed E-state index contributed by atoms with van der Waals surface area (Å²) < 4.78 is 5.45. The molecule has 2 aromatic rings. The van der Waals surface area contributed by atoms with E-state index in [0.29, 0.717) is 12.1 Å². The molecule has 2 saturated heterocycles. The second-order valence-corrected chi connectivity index (χ2v) is 8.76. The molecule has 4 nitrogen and oxygen atoms in total. The minimum atomic E-state index is 0.565. The molecule has 2 atom stereocenters. The Morgan fingerprint density at radius 1 is 0.690 bits per heavy atom. The quantitative estimate of drug-likeness (QED) is 0.746. The summed E-state index contributed by atoms with van der Waals surface area (Å²) in [5.74, 6) is 0. The van der Waals surface area contributed by atoms with E-state index in [4.69, 9.17) is 4.74 Å². The average molecular weight is 394 g/mol. The first-order valence-corrected chi connectivity index (χ1v) is 11.1. The molecule has 2 heterocycles. The SMILES string of the molecule is C[C@@H]1CN(Cc2ccccc2)C[C@H](C)N1Cc1ccc(CN2CCOCC2)cc1. The van der Waals surface area contributed by atoms with Gasteiger partial charge in [0.05, 0.1) is 13.2 Å². The zero-order valence-corrected chi connectivity index (χ0v) is 18.0. The maximum atomic E-state index is 5.45. The monoisotopic (exact) mass is 393 g/mol. The Morgan fingerprint density at radius 3 is 1.83 bits per heavy atom. The first-order chi connectivity index (χ1) is 14.2. The fourth-order valence-electron chi connectivity index (χ4n) is 4.73. The highest BCUT2D eigenvalue weighted by Gasteiger charge is 2.29. The topological polar surface area (TPSA) is 19.0 Å². The third kappa shape index (κ3) is 5.67. The molecule has 2 fully saturated rings. The minimum Gasteiger partial charge on any atom is -0.379 e. The summed E-state index contributed by atoms with van der Waals surface area (Å²) in [5, 5.41) is 0. The number of morpholine rings is 1. The second-order valence-electron chi connectivity index (χ2n) is 8.76. The van der Waals surface area contributed by atoms with Crippen LogP contribution in [0.5, 0.6) is 0 Å². The first-order valence-electron chi connectivity index (χ1n) is 11.1. The third-order valence-electron chi connectivity index (χ3n) is 6.32. The van der Waals surface area contributed by atoms with E-state index in [2.05, 4.69) is 83.1 Å². The maximum Gasteiger partial charge on any atom is 0.0594 e. The molecule has 156 valence electrons. The lowest BCUT2D eigenvalue weighted by Crippen LogP contribution is -2.55. The molecule has 0 aromatic heterocycles. The van der Waals surface area contributed by atoms with Gasteiger partial charge in [0.2, 0.25) is 0 Å². The molecule has 4 heteroatoms. The standard InChI is InChI=1S/C25H35N3O/c1-21-16-27(19-23-6-4-3-5-7-23)17-22(2)28(21)20-25-10-8-24(9-11-25)18-26-12-14-29-15-13-26/h3-11,21-22H,12-20H2,1-2H3/t21-,22+. The lowest BCUT2D eigenvalue weighted by molar-refractivity contribution is 0.0290. The molecule has 2 aliphatic rings. The number of rotatable bonds is 6. The Hall–Kier alpha value is -1.72. The van der Waals surface area contributed by atoms with E-state index in [1.165, 1.54) is 16.7 Å². The molecule has 0 aliphatic carbocycles. The van der Waals surface area contributed by atoms with E-state index in [0.717, 1.165) is 59.0 Å². The van der Waals surface area contributed by atoms with Gasteiger partial charge < -0.3 is 4.74 Å². The summed E-state index contributed by atoms with van der Waals surface area (Å²) in [6.45, 7) is 14.0. The first kappa shape index (κ1) is 20.5. The van der Waals surface area contributed by atoms with Crippen molar-refractivity contribution in [3.63, 3.8) is 0 Å². The number of nitrogens with zero attached hydrogens (tertiary/aromatic N) is 3. The lowest BCUT2D eigenvalue weighted by Gasteiger charge is -2.44. The highest BCUT2D eigenvalue weighted by Crippen LogP contribution is 2.21. The largest absolute Gasteiger partial charge is 0.379 e. The van der Waals surface area contributed by atoms with E-state index in [1.807, 2.05) is 0 Å². The van der Waals surface area contributed by atoms with Crippen molar-refractivity contribution in [1.29, 1.82) is 0 Å². The lowest BCUT2D eigenvalue weighted by atomic mass is 10.0. The van der Waals surface area contributed by atoms with Crippen molar-refractivity contribution >= 4 is 0 Å². The van der Waals surface area contributed by atoms with Crippen molar-refractivity contribution in [2.45, 2.75) is 45.6 Å². The predicted octanol–water partition coefficient (Wildman–Crippen LogP) is 3.61. The molecule has 0 N–H and O–H groups in total. The molecule has 0 amide bonds. The van der Waals surface area contributed by atoms with Crippen LogP contribution in [0, 0.1) is 0 Å². The van der Waals surface area contributed by atoms with Crippen LogP contribution in [0.25, 0.3) is 0 Å². The van der Waals surface area contributed by atoms with Gasteiger partial charge in [-0.25, -0.2) is 0 Å². The summed E-state index contributed by atoms with van der Waals surface area (Å²) in [6.07, 6.45) is 0. The molecule has 0 unspecified atom stereocenters. The molecule has 0 saturated carbocycles. The Kier molecular flexibility index (Phi) is 6.98. The number of hydrogen-bond acceptors (Lipinski definition) is 4. The fraction of sp³-hybridized carbons (Fsp3) is 0.520. The zero-order valence-electron chi connectivity index (χ0n) is 18.0. The van der Waals surface area contributed by atoms with Gasteiger partial charge in [0.15, 0.2) is 0 Å². The maximum absolute atomic E-state index is 5.45. The van der Waals surface area contributed by atoms with E-state index in [1.54, 1.807) is 0 Å². The van der Waals surface area contributed by atoms with E-state index >= 15 is 0 Å². The molecule has 4 rings (SSSR count). The molecule has 2 aliphatic heterocycles. The minimum absolute atomic E-state index is 0.565. The summed E-state index contributed by atoms with van der Waals surface area (Å²) in [6, 6.07) is 21.3. The molecule has 0 spiro atoms. The molecule has 0 radical (unpaired) electrons.